The van der Waals surface area contributed by atoms with Crippen LogP contribution in [0, 0.1) is 11.3 Å². The smallest absolute Gasteiger partial charge is 0.00688 e. The number of thiocarbonyl (C=S) groups is 1. The quantitative estimate of drug-likeness (QED) is 0.414. The lowest BCUT2D eigenvalue weighted by molar-refractivity contribution is 0.404. The third-order valence-electron chi connectivity index (χ3n) is 2.40. The fourth-order valence-corrected chi connectivity index (χ4v) is 2.41. The molecule has 0 aromatic rings. The molecule has 0 nitrogen and oxygen atoms in total. The highest BCUT2D eigenvalue weighted by molar-refractivity contribution is 7.80. The Morgan fingerprint density at radius 2 is 1.75 bits per heavy atom. The first-order valence-electron chi connectivity index (χ1n) is 6.39. The van der Waals surface area contributed by atoms with E-state index in [4.69, 9.17) is 12.2 Å². The van der Waals surface area contributed by atoms with E-state index in [2.05, 4.69) is 41.2 Å². The normalized spacial score (nSPS) is 11.9. The lowest BCUT2D eigenvalue weighted by Gasteiger charge is -2.19. The summed E-state index contributed by atoms with van der Waals surface area (Å²) in [6, 6.07) is 0. The molecule has 0 radical (unpaired) electrons. The monoisotopic (exact) mass is 240 g/mol. The second-order valence-electron chi connectivity index (χ2n) is 6.48. The fourth-order valence-electron chi connectivity index (χ4n) is 1.93. The van der Waals surface area contributed by atoms with Gasteiger partial charge in [0, 0.05) is 0 Å². The molecular weight excluding hydrogens is 212 g/mol. The molecule has 0 amide bonds. The maximum Gasteiger partial charge on any atom is -0.00688 e. The molecule has 0 aromatic heterocycles. The van der Waals surface area contributed by atoms with E-state index in [-0.39, 0.29) is 0 Å². The van der Waals surface area contributed by atoms with Crippen LogP contribution in [0.1, 0.15) is 66.7 Å². The largest absolute Gasteiger partial charge is 0.0998 e. The summed E-state index contributed by atoms with van der Waals surface area (Å²) in [5.74, 6) is 0.699. The highest BCUT2D eigenvalue weighted by Crippen LogP contribution is 2.25. The van der Waals surface area contributed by atoms with E-state index in [1.807, 2.05) is 0 Å². The predicted molar refractivity (Wildman–Crippen MR) is 79.1 cm³/mol. The molecule has 0 atom stereocenters. The van der Waals surface area contributed by atoms with Gasteiger partial charge in [-0.1, -0.05) is 59.0 Å². The van der Waals surface area contributed by atoms with Crippen molar-refractivity contribution in [2.45, 2.75) is 66.7 Å². The van der Waals surface area contributed by atoms with Crippen LogP contribution in [0.2, 0.25) is 0 Å². The van der Waals surface area contributed by atoms with Gasteiger partial charge in [0.25, 0.3) is 0 Å². The predicted octanol–water partition coefficient (Wildman–Crippen LogP) is 5.57. The van der Waals surface area contributed by atoms with Crippen molar-refractivity contribution >= 4 is 17.1 Å². The van der Waals surface area contributed by atoms with Crippen LogP contribution in [0.3, 0.4) is 0 Å². The molecule has 0 saturated heterocycles. The van der Waals surface area contributed by atoms with E-state index in [1.165, 1.54) is 16.9 Å². The maximum absolute atomic E-state index is 5.36. The van der Waals surface area contributed by atoms with Gasteiger partial charge in [-0.25, -0.2) is 0 Å². The SMILES string of the molecule is C=C(CCCC(=S)CC(C)C)CC(C)(C)C. The fraction of sp³-hybridized carbons (Fsp3) is 0.800. The summed E-state index contributed by atoms with van der Waals surface area (Å²) in [6.45, 7) is 15.4. The van der Waals surface area contributed by atoms with E-state index in [0.29, 0.717) is 11.3 Å². The highest BCUT2D eigenvalue weighted by atomic mass is 32.1. The lowest BCUT2D eigenvalue weighted by Crippen LogP contribution is -2.06. The first kappa shape index (κ1) is 15.8. The molecular formula is C15H28S. The van der Waals surface area contributed by atoms with Crippen molar-refractivity contribution in [3.05, 3.63) is 12.2 Å². The number of allylic oxidation sites excluding steroid dienone is 1. The van der Waals surface area contributed by atoms with Crippen LogP contribution in [0.5, 0.6) is 0 Å². The van der Waals surface area contributed by atoms with Crippen LogP contribution in [0.25, 0.3) is 0 Å². The topological polar surface area (TPSA) is 0 Å². The third-order valence-corrected chi connectivity index (χ3v) is 2.77. The standard InChI is InChI=1S/C15H28S/c1-12(2)10-14(16)9-7-8-13(3)11-15(4,5)6/h12H,3,7-11H2,1-2,4-6H3. The Kier molecular flexibility index (Phi) is 7.14. The maximum atomic E-state index is 5.36. The molecule has 0 heterocycles. The van der Waals surface area contributed by atoms with Crippen molar-refractivity contribution in [1.29, 1.82) is 0 Å². The molecule has 0 unspecified atom stereocenters. The van der Waals surface area contributed by atoms with Crippen molar-refractivity contribution in [3.63, 3.8) is 0 Å². The van der Waals surface area contributed by atoms with Gasteiger partial charge < -0.3 is 0 Å². The Bertz CT molecular complexity index is 230. The average Bonchev–Trinajstić information content (AvgIpc) is 1.98. The summed E-state index contributed by atoms with van der Waals surface area (Å²) < 4.78 is 0. The summed E-state index contributed by atoms with van der Waals surface area (Å²) >= 11 is 5.36. The Morgan fingerprint density at radius 3 is 2.19 bits per heavy atom. The molecule has 0 bridgehead atoms. The van der Waals surface area contributed by atoms with Gasteiger partial charge in [0.05, 0.1) is 0 Å². The first-order chi connectivity index (χ1) is 7.20. The number of hydrogen-bond acceptors (Lipinski definition) is 1. The summed E-state index contributed by atoms with van der Waals surface area (Å²) in [7, 11) is 0. The van der Waals surface area contributed by atoms with E-state index >= 15 is 0 Å². The molecule has 1 heteroatoms. The van der Waals surface area contributed by atoms with Gasteiger partial charge in [-0.3, -0.25) is 0 Å². The average molecular weight is 240 g/mol. The van der Waals surface area contributed by atoms with Crippen LogP contribution in [-0.2, 0) is 0 Å². The van der Waals surface area contributed by atoms with E-state index in [1.54, 1.807) is 0 Å². The summed E-state index contributed by atoms with van der Waals surface area (Å²) in [6.07, 6.45) is 5.64. The molecule has 16 heavy (non-hydrogen) atoms. The molecule has 0 aromatic carbocycles. The lowest BCUT2D eigenvalue weighted by atomic mass is 9.87. The second kappa shape index (κ2) is 7.21. The molecule has 0 N–H and O–H groups in total. The summed E-state index contributed by atoms with van der Waals surface area (Å²) in [4.78, 5) is 1.23. The Morgan fingerprint density at radius 1 is 1.19 bits per heavy atom. The Labute approximate surface area is 108 Å². The first-order valence-corrected chi connectivity index (χ1v) is 6.80. The van der Waals surface area contributed by atoms with Crippen molar-refractivity contribution in [1.82, 2.24) is 0 Å². The van der Waals surface area contributed by atoms with E-state index < -0.39 is 0 Å². The van der Waals surface area contributed by atoms with Crippen LogP contribution >= 0.6 is 12.2 Å². The van der Waals surface area contributed by atoms with Gasteiger partial charge in [-0.2, -0.15) is 0 Å². The summed E-state index contributed by atoms with van der Waals surface area (Å²) in [5.41, 5.74) is 1.75. The van der Waals surface area contributed by atoms with Gasteiger partial charge in [-0.15, -0.1) is 0 Å². The van der Waals surface area contributed by atoms with E-state index in [9.17, 15) is 0 Å². The van der Waals surface area contributed by atoms with Crippen LogP contribution in [-0.4, -0.2) is 4.86 Å². The third kappa shape index (κ3) is 10.4. The minimum absolute atomic E-state index is 0.371. The van der Waals surface area contributed by atoms with Gasteiger partial charge in [0.15, 0.2) is 0 Å². The van der Waals surface area contributed by atoms with Crippen molar-refractivity contribution in [2.24, 2.45) is 11.3 Å². The van der Waals surface area contributed by atoms with Crippen LogP contribution < -0.4 is 0 Å². The molecule has 0 fully saturated rings. The zero-order valence-corrected chi connectivity index (χ0v) is 12.5. The number of hydrogen-bond donors (Lipinski definition) is 0. The van der Waals surface area contributed by atoms with Crippen LogP contribution in [0.15, 0.2) is 12.2 Å². The Hall–Kier alpha value is -0.170. The molecule has 94 valence electrons. The number of rotatable bonds is 7. The minimum Gasteiger partial charge on any atom is -0.0998 e. The zero-order chi connectivity index (χ0) is 12.8. The molecule has 0 aliphatic rings. The van der Waals surface area contributed by atoms with E-state index in [0.717, 1.165) is 25.7 Å². The van der Waals surface area contributed by atoms with Crippen LogP contribution in [0.4, 0.5) is 0 Å². The molecule has 0 aliphatic heterocycles. The van der Waals surface area contributed by atoms with Gasteiger partial charge in [0.2, 0.25) is 0 Å². The highest BCUT2D eigenvalue weighted by Gasteiger charge is 2.11. The summed E-state index contributed by atoms with van der Waals surface area (Å²) in [5, 5.41) is 0. The minimum atomic E-state index is 0.371. The van der Waals surface area contributed by atoms with Gasteiger partial charge in [-0.05, 0) is 48.3 Å². The van der Waals surface area contributed by atoms with Gasteiger partial charge in [0.1, 0.15) is 0 Å². The molecule has 0 rings (SSSR count). The van der Waals surface area contributed by atoms with Crippen molar-refractivity contribution < 1.29 is 0 Å². The molecule has 0 spiro atoms. The second-order valence-corrected chi connectivity index (χ2v) is 7.05. The Balaban J connectivity index is 3.66. The van der Waals surface area contributed by atoms with Gasteiger partial charge >= 0.3 is 0 Å². The van der Waals surface area contributed by atoms with Crippen molar-refractivity contribution in [3.8, 4) is 0 Å². The molecule has 0 saturated carbocycles. The molecule has 0 aliphatic carbocycles. The van der Waals surface area contributed by atoms with Crippen molar-refractivity contribution in [2.75, 3.05) is 0 Å². The zero-order valence-electron chi connectivity index (χ0n) is 11.7.